The largest absolute Gasteiger partial charge is 0.587 e. The minimum Gasteiger partial charge on any atom is -0.587 e. The van der Waals surface area contributed by atoms with Crippen LogP contribution in [0.15, 0.2) is 32.2 Å². The maximum Gasteiger partial charge on any atom is 0.564 e. The van der Waals surface area contributed by atoms with Gasteiger partial charge < -0.3 is 42.1 Å². The lowest BCUT2D eigenvalue weighted by molar-refractivity contribution is -0.683. The van der Waals surface area contributed by atoms with Crippen molar-refractivity contribution in [2.24, 2.45) is 20.5 Å². The molecule has 0 aliphatic carbocycles. The first-order valence-corrected chi connectivity index (χ1v) is 7.86. The van der Waals surface area contributed by atoms with Gasteiger partial charge in [-0.05, 0) is 13.8 Å². The molecule has 3 rings (SSSR count). The number of amidine groups is 2. The van der Waals surface area contributed by atoms with Gasteiger partial charge in [-0.3, -0.25) is 9.98 Å². The molecule has 0 saturated carbocycles. The highest BCUT2D eigenvalue weighted by atomic mass is 16.6. The Kier molecular flexibility index (Phi) is 8.98. The summed E-state index contributed by atoms with van der Waals surface area (Å²) in [6.07, 6.45) is 0. The van der Waals surface area contributed by atoms with Crippen molar-refractivity contribution in [1.29, 1.82) is 0 Å². The van der Waals surface area contributed by atoms with Crippen molar-refractivity contribution in [1.82, 2.24) is 21.3 Å². The van der Waals surface area contributed by atoms with Crippen molar-refractivity contribution in [3.63, 3.8) is 0 Å². The van der Waals surface area contributed by atoms with E-state index in [0.29, 0.717) is 13.1 Å². The fraction of sp³-hybridized carbons (Fsp3) is 0.667. The van der Waals surface area contributed by atoms with Crippen LogP contribution in [0.4, 0.5) is 0 Å². The number of hydrogen-bond acceptors (Lipinski definition) is 10. The Morgan fingerprint density at radius 3 is 1.50 bits per heavy atom. The molecule has 0 radical (unpaired) electrons. The minimum absolute atomic E-state index is 0.0330. The van der Waals surface area contributed by atoms with Gasteiger partial charge in [-0.15, -0.1) is 0 Å². The van der Waals surface area contributed by atoms with Crippen molar-refractivity contribution < 1.29 is 20.1 Å². The zero-order valence-corrected chi connectivity index (χ0v) is 14.6. The van der Waals surface area contributed by atoms with Crippen molar-refractivity contribution in [3.05, 3.63) is 22.1 Å². The molecule has 14 nitrogen and oxygen atoms in total. The molecule has 3 heterocycles. The highest BCUT2D eigenvalue weighted by Crippen LogP contribution is 2.05. The normalized spacial score (nSPS) is 18.6. The minimum atomic E-state index is -0.687. The van der Waals surface area contributed by atoms with Crippen molar-refractivity contribution in [2.75, 3.05) is 39.3 Å². The SMILES string of the molecule is CC1=NCCN1.CC1=NCCN1.[O-]/[N+](=N\O)C(=C1NCCN1)/[N+]([O-])=N/O. The summed E-state index contributed by atoms with van der Waals surface area (Å²) in [5.74, 6) is 1.50. The zero-order chi connectivity index (χ0) is 19.4. The molecular weight excluding hydrogens is 348 g/mol. The van der Waals surface area contributed by atoms with Gasteiger partial charge in [-0.25, -0.2) is 0 Å². The summed E-state index contributed by atoms with van der Waals surface area (Å²) in [5, 5.41) is 53.9. The molecule has 26 heavy (non-hydrogen) atoms. The lowest BCUT2D eigenvalue weighted by Gasteiger charge is -2.01. The molecule has 3 aliphatic heterocycles. The van der Waals surface area contributed by atoms with E-state index in [1.165, 1.54) is 0 Å². The van der Waals surface area contributed by atoms with Crippen LogP contribution in [-0.4, -0.2) is 71.1 Å². The molecule has 1 saturated heterocycles. The maximum absolute atomic E-state index is 10.8. The predicted octanol–water partition coefficient (Wildman–Crippen LogP) is -0.975. The monoisotopic (exact) mass is 372 g/mol. The molecule has 3 aliphatic rings. The Labute approximate surface area is 149 Å². The van der Waals surface area contributed by atoms with E-state index in [2.05, 4.69) is 41.8 Å². The Hall–Kier alpha value is -3.32. The Bertz CT molecular complexity index is 563. The van der Waals surface area contributed by atoms with E-state index >= 15 is 0 Å². The van der Waals surface area contributed by atoms with Crippen molar-refractivity contribution in [3.8, 4) is 0 Å². The van der Waals surface area contributed by atoms with E-state index in [9.17, 15) is 10.4 Å². The summed E-state index contributed by atoms with van der Waals surface area (Å²) in [6.45, 7) is 8.95. The Morgan fingerprint density at radius 2 is 1.27 bits per heavy atom. The van der Waals surface area contributed by atoms with E-state index in [1.54, 1.807) is 0 Å². The maximum atomic E-state index is 10.8. The van der Waals surface area contributed by atoms with Gasteiger partial charge in [0.2, 0.25) is 10.6 Å². The van der Waals surface area contributed by atoms with Gasteiger partial charge in [0, 0.05) is 26.2 Å². The quantitative estimate of drug-likeness (QED) is 0.202. The molecule has 14 heteroatoms. The third-order valence-electron chi connectivity index (χ3n) is 3.16. The average Bonchev–Trinajstić information content (AvgIpc) is 3.40. The van der Waals surface area contributed by atoms with Crippen LogP contribution in [0.2, 0.25) is 0 Å². The first-order valence-electron chi connectivity index (χ1n) is 7.86. The van der Waals surface area contributed by atoms with Crippen LogP contribution < -0.4 is 21.3 Å². The number of hydroxylamine groups is 2. The van der Waals surface area contributed by atoms with Crippen LogP contribution in [0.1, 0.15) is 13.8 Å². The zero-order valence-electron chi connectivity index (χ0n) is 14.6. The highest BCUT2D eigenvalue weighted by Gasteiger charge is 2.31. The third kappa shape index (κ3) is 7.06. The standard InChI is InChI=1S/C4H8N6O4.2C4H8N2/c11-7-9(13)4(10(14)8-12)3-5-1-2-6-3;2*1-4-5-2-3-6-4/h5-6,11-12H,1-2H2;2*2-3H2,1H3,(H,5,6)/b9-7-,10-8-;;. The summed E-state index contributed by atoms with van der Waals surface area (Å²) in [4.78, 5) is 7.32. The number of rotatable bonds is 2. The van der Waals surface area contributed by atoms with Crippen LogP contribution in [0.5, 0.6) is 0 Å². The van der Waals surface area contributed by atoms with E-state index in [4.69, 9.17) is 10.4 Å². The number of hydrogen-bond donors (Lipinski definition) is 6. The van der Waals surface area contributed by atoms with Gasteiger partial charge >= 0.3 is 5.82 Å². The van der Waals surface area contributed by atoms with Crippen LogP contribution >= 0.6 is 0 Å². The van der Waals surface area contributed by atoms with Gasteiger partial charge in [0.05, 0.1) is 34.5 Å². The van der Waals surface area contributed by atoms with E-state index < -0.39 is 5.82 Å². The molecule has 0 aromatic heterocycles. The highest BCUT2D eigenvalue weighted by molar-refractivity contribution is 5.81. The van der Waals surface area contributed by atoms with Gasteiger partial charge in [-0.1, -0.05) is 0 Å². The molecule has 0 amide bonds. The topological polar surface area (TPSA) is 190 Å². The number of nitrogens with one attached hydrogen (secondary N) is 4. The molecule has 0 bridgehead atoms. The molecule has 0 aromatic rings. The fourth-order valence-electron chi connectivity index (χ4n) is 1.98. The summed E-state index contributed by atoms with van der Waals surface area (Å²) in [7, 11) is 0. The molecule has 1 fully saturated rings. The second kappa shape index (κ2) is 11.3. The van der Waals surface area contributed by atoms with E-state index in [1.807, 2.05) is 13.8 Å². The predicted molar refractivity (Wildman–Crippen MR) is 90.7 cm³/mol. The second-order valence-electron chi connectivity index (χ2n) is 5.06. The van der Waals surface area contributed by atoms with Gasteiger partial charge in [0.1, 0.15) is 0 Å². The number of aliphatic imine (C=N–C) groups is 2. The molecule has 6 N–H and O–H groups in total. The van der Waals surface area contributed by atoms with Crippen molar-refractivity contribution >= 4 is 11.7 Å². The third-order valence-corrected chi connectivity index (χ3v) is 3.16. The lowest BCUT2D eigenvalue weighted by Crippen LogP contribution is -2.23. The van der Waals surface area contributed by atoms with E-state index in [0.717, 1.165) is 37.9 Å². The lowest BCUT2D eigenvalue weighted by atomic mass is 10.6. The van der Waals surface area contributed by atoms with Crippen LogP contribution in [0.3, 0.4) is 0 Å². The number of nitrogens with zero attached hydrogens (tertiary/aromatic N) is 6. The summed E-state index contributed by atoms with van der Waals surface area (Å²) in [6, 6.07) is 0. The van der Waals surface area contributed by atoms with Crippen LogP contribution in [0, 0.1) is 10.4 Å². The van der Waals surface area contributed by atoms with Gasteiger partial charge in [0.15, 0.2) is 0 Å². The molecule has 0 unspecified atom stereocenters. The second-order valence-corrected chi connectivity index (χ2v) is 5.06. The smallest absolute Gasteiger partial charge is 0.564 e. The fourth-order valence-corrected chi connectivity index (χ4v) is 1.98. The summed E-state index contributed by atoms with van der Waals surface area (Å²) in [5.41, 5.74) is 0. The van der Waals surface area contributed by atoms with Crippen LogP contribution in [0.25, 0.3) is 0 Å². The summed E-state index contributed by atoms with van der Waals surface area (Å²) < 4.78 is 0. The summed E-state index contributed by atoms with van der Waals surface area (Å²) >= 11 is 0. The van der Waals surface area contributed by atoms with E-state index in [-0.39, 0.29) is 15.5 Å². The Morgan fingerprint density at radius 1 is 0.846 bits per heavy atom. The Balaban J connectivity index is 0.000000230. The average molecular weight is 372 g/mol. The molecule has 0 aromatic carbocycles. The first kappa shape index (κ1) is 20.7. The first-order chi connectivity index (χ1) is 12.5. The molecule has 0 spiro atoms. The van der Waals surface area contributed by atoms with Gasteiger partial charge in [0.25, 0.3) is 5.82 Å². The van der Waals surface area contributed by atoms with Crippen molar-refractivity contribution in [2.45, 2.75) is 13.8 Å². The molecule has 0 atom stereocenters. The van der Waals surface area contributed by atoms with Gasteiger partial charge in [-0.2, -0.15) is 0 Å². The molecule has 146 valence electrons. The molecular formula is C12H24N10O4. The van der Waals surface area contributed by atoms with Crippen LogP contribution in [-0.2, 0) is 0 Å².